The zero-order chi connectivity index (χ0) is 21.8. The van der Waals surface area contributed by atoms with Crippen LogP contribution in [0.1, 0.15) is 12.5 Å². The maximum atomic E-state index is 12.9. The molecule has 0 saturated heterocycles. The van der Waals surface area contributed by atoms with Gasteiger partial charge in [0.2, 0.25) is 0 Å². The molecule has 0 aliphatic rings. The predicted octanol–water partition coefficient (Wildman–Crippen LogP) is 4.10. The third-order valence-electron chi connectivity index (χ3n) is 4.92. The second-order valence-corrected chi connectivity index (χ2v) is 7.94. The molecule has 6 nitrogen and oxygen atoms in total. The molecule has 3 aromatic carbocycles. The molecule has 1 aromatic heterocycles. The van der Waals surface area contributed by atoms with Crippen LogP contribution in [0.15, 0.2) is 65.7 Å². The van der Waals surface area contributed by atoms with Gasteiger partial charge in [0.1, 0.15) is 12.3 Å². The van der Waals surface area contributed by atoms with Crippen LogP contribution in [0.2, 0.25) is 0 Å². The number of aromatic nitrogens is 1. The lowest BCUT2D eigenvalue weighted by Gasteiger charge is -2.06. The third-order valence-corrected chi connectivity index (χ3v) is 5.96. The van der Waals surface area contributed by atoms with Crippen molar-refractivity contribution in [2.24, 2.45) is 4.99 Å². The molecule has 31 heavy (non-hydrogen) atoms. The Balaban J connectivity index is 1.74. The Bertz CT molecular complexity index is 1330. The number of hydrogen-bond donors (Lipinski definition) is 0. The predicted molar refractivity (Wildman–Crippen MR) is 121 cm³/mol. The van der Waals surface area contributed by atoms with Gasteiger partial charge < -0.3 is 14.0 Å². The van der Waals surface area contributed by atoms with E-state index in [1.54, 1.807) is 4.57 Å². The van der Waals surface area contributed by atoms with E-state index in [0.717, 1.165) is 32.3 Å². The minimum absolute atomic E-state index is 0.0230. The average molecular weight is 435 g/mol. The van der Waals surface area contributed by atoms with Gasteiger partial charge in [-0.25, -0.2) is 0 Å². The zero-order valence-electron chi connectivity index (χ0n) is 17.3. The molecule has 0 N–H and O–H groups in total. The highest BCUT2D eigenvalue weighted by Gasteiger charge is 2.13. The van der Waals surface area contributed by atoms with Gasteiger partial charge in [-0.1, -0.05) is 53.8 Å². The van der Waals surface area contributed by atoms with Crippen LogP contribution in [-0.2, 0) is 27.3 Å². The molecule has 1 amide bonds. The summed E-state index contributed by atoms with van der Waals surface area (Å²) in [6.45, 7) is 2.45. The molecule has 0 atom stereocenters. The number of nitrogens with zero attached hydrogens (tertiary/aromatic N) is 2. The van der Waals surface area contributed by atoms with Crippen LogP contribution in [-0.4, -0.2) is 30.2 Å². The van der Waals surface area contributed by atoms with Gasteiger partial charge >= 0.3 is 5.97 Å². The topological polar surface area (TPSA) is 69.9 Å². The Labute approximate surface area is 183 Å². The minimum Gasteiger partial charge on any atom is -0.494 e. The summed E-state index contributed by atoms with van der Waals surface area (Å²) in [6.07, 6.45) is 0.179. The largest absolute Gasteiger partial charge is 0.494 e. The number of fused-ring (bicyclic) bond motifs is 2. The molecule has 0 aliphatic heterocycles. The molecule has 0 spiro atoms. The van der Waals surface area contributed by atoms with E-state index in [9.17, 15) is 9.59 Å². The highest BCUT2D eigenvalue weighted by atomic mass is 32.1. The maximum Gasteiger partial charge on any atom is 0.325 e. The molecule has 7 heteroatoms. The normalized spacial score (nSPS) is 11.7. The Morgan fingerprint density at radius 2 is 1.87 bits per heavy atom. The number of methoxy groups -OCH3 is 1. The van der Waals surface area contributed by atoms with Crippen LogP contribution in [0.3, 0.4) is 0 Å². The van der Waals surface area contributed by atoms with Gasteiger partial charge in [-0.2, -0.15) is 4.99 Å². The first-order chi connectivity index (χ1) is 15.1. The lowest BCUT2D eigenvalue weighted by Crippen LogP contribution is -2.22. The molecule has 4 aromatic rings. The fraction of sp³-hybridized carbons (Fsp3) is 0.208. The summed E-state index contributed by atoms with van der Waals surface area (Å²) in [5.41, 5.74) is 1.72. The molecule has 1 heterocycles. The van der Waals surface area contributed by atoms with Crippen molar-refractivity contribution in [1.82, 2.24) is 4.57 Å². The van der Waals surface area contributed by atoms with E-state index in [0.29, 0.717) is 11.4 Å². The number of carbonyl (C=O) groups is 2. The zero-order valence-corrected chi connectivity index (χ0v) is 18.1. The van der Waals surface area contributed by atoms with Gasteiger partial charge in [0.25, 0.3) is 5.91 Å². The number of hydrogen-bond acceptors (Lipinski definition) is 5. The number of amides is 1. The van der Waals surface area contributed by atoms with Crippen molar-refractivity contribution in [3.8, 4) is 5.75 Å². The molecule has 0 fully saturated rings. The van der Waals surface area contributed by atoms with E-state index in [-0.39, 0.29) is 18.9 Å². The average Bonchev–Trinajstić information content (AvgIpc) is 3.10. The minimum atomic E-state index is -0.406. The van der Waals surface area contributed by atoms with Crippen molar-refractivity contribution >= 4 is 44.2 Å². The first-order valence-electron chi connectivity index (χ1n) is 9.96. The van der Waals surface area contributed by atoms with Crippen molar-refractivity contribution in [1.29, 1.82) is 0 Å². The van der Waals surface area contributed by atoms with Crippen molar-refractivity contribution in [3.05, 3.63) is 71.0 Å². The Morgan fingerprint density at radius 1 is 1.06 bits per heavy atom. The van der Waals surface area contributed by atoms with Crippen LogP contribution in [0, 0.1) is 0 Å². The molecule has 0 saturated carbocycles. The van der Waals surface area contributed by atoms with Crippen LogP contribution >= 0.6 is 11.3 Å². The number of esters is 1. The Morgan fingerprint density at radius 3 is 2.68 bits per heavy atom. The highest BCUT2D eigenvalue weighted by Crippen LogP contribution is 2.24. The molecular formula is C24H22N2O4S. The van der Waals surface area contributed by atoms with E-state index in [1.807, 2.05) is 67.6 Å². The van der Waals surface area contributed by atoms with Gasteiger partial charge in [-0.15, -0.1) is 0 Å². The number of rotatable bonds is 6. The summed E-state index contributed by atoms with van der Waals surface area (Å²) in [6, 6.07) is 19.5. The first kappa shape index (κ1) is 20.8. The van der Waals surface area contributed by atoms with E-state index in [2.05, 4.69) is 4.99 Å². The van der Waals surface area contributed by atoms with Gasteiger partial charge in [0.05, 0.1) is 30.4 Å². The molecule has 0 bridgehead atoms. The van der Waals surface area contributed by atoms with Crippen molar-refractivity contribution in [2.75, 3.05) is 13.7 Å². The lowest BCUT2D eigenvalue weighted by molar-refractivity contribution is -0.141. The fourth-order valence-corrected chi connectivity index (χ4v) is 4.57. The second kappa shape index (κ2) is 9.14. The van der Waals surface area contributed by atoms with Gasteiger partial charge in [-0.05, 0) is 41.5 Å². The Hall–Kier alpha value is -3.45. The monoisotopic (exact) mass is 434 g/mol. The third kappa shape index (κ3) is 4.51. The van der Waals surface area contributed by atoms with Crippen LogP contribution in [0.5, 0.6) is 5.75 Å². The van der Waals surface area contributed by atoms with E-state index < -0.39 is 5.97 Å². The molecule has 4 rings (SSSR count). The number of carbonyl (C=O) groups excluding carboxylic acids is 2. The summed E-state index contributed by atoms with van der Waals surface area (Å²) in [7, 11) is 1.34. The molecule has 0 unspecified atom stereocenters. The van der Waals surface area contributed by atoms with Crippen LogP contribution in [0.4, 0.5) is 0 Å². The van der Waals surface area contributed by atoms with Crippen molar-refractivity contribution < 1.29 is 19.1 Å². The molecule has 158 valence electrons. The van der Waals surface area contributed by atoms with E-state index in [1.165, 1.54) is 18.4 Å². The summed E-state index contributed by atoms with van der Waals surface area (Å²) < 4.78 is 13.0. The van der Waals surface area contributed by atoms with Crippen molar-refractivity contribution in [3.63, 3.8) is 0 Å². The van der Waals surface area contributed by atoms with E-state index in [4.69, 9.17) is 9.47 Å². The summed E-state index contributed by atoms with van der Waals surface area (Å²) >= 11 is 1.35. The number of thiazole rings is 1. The number of ether oxygens (including phenoxy) is 2. The van der Waals surface area contributed by atoms with Crippen molar-refractivity contribution in [2.45, 2.75) is 19.9 Å². The molecule has 0 radical (unpaired) electrons. The van der Waals surface area contributed by atoms with Crippen LogP contribution in [0.25, 0.3) is 21.0 Å². The SMILES string of the molecule is CCOc1ccc2c(c1)sc(=NC(=O)Cc1cccc3ccccc13)n2CC(=O)OC. The fourth-order valence-electron chi connectivity index (χ4n) is 3.50. The van der Waals surface area contributed by atoms with Crippen LogP contribution < -0.4 is 9.54 Å². The lowest BCUT2D eigenvalue weighted by atomic mass is 10.0. The van der Waals surface area contributed by atoms with Gasteiger partial charge in [-0.3, -0.25) is 9.59 Å². The second-order valence-electron chi connectivity index (χ2n) is 6.93. The summed E-state index contributed by atoms with van der Waals surface area (Å²) in [5, 5.41) is 2.12. The van der Waals surface area contributed by atoms with Gasteiger partial charge in [0.15, 0.2) is 4.80 Å². The summed E-state index contributed by atoms with van der Waals surface area (Å²) in [4.78, 5) is 29.7. The smallest absolute Gasteiger partial charge is 0.325 e. The molecular weight excluding hydrogens is 412 g/mol. The Kier molecular flexibility index (Phi) is 6.13. The highest BCUT2D eigenvalue weighted by molar-refractivity contribution is 7.16. The van der Waals surface area contributed by atoms with E-state index >= 15 is 0 Å². The maximum absolute atomic E-state index is 12.9. The standard InChI is InChI=1S/C24H22N2O4S/c1-3-30-18-11-12-20-21(14-18)31-24(26(20)15-23(28)29-2)25-22(27)13-17-9-6-8-16-7-4-5-10-19(16)17/h4-12,14H,3,13,15H2,1-2H3. The molecule has 0 aliphatic carbocycles. The quantitative estimate of drug-likeness (QED) is 0.429. The number of benzene rings is 3. The first-order valence-corrected chi connectivity index (χ1v) is 10.8. The van der Waals surface area contributed by atoms with Gasteiger partial charge in [0, 0.05) is 0 Å². The summed E-state index contributed by atoms with van der Waals surface area (Å²) in [5.74, 6) is 0.0539.